The van der Waals surface area contributed by atoms with Gasteiger partial charge in [-0.3, -0.25) is 0 Å². The maximum absolute atomic E-state index is 9.58. The molecule has 0 aromatic heterocycles. The van der Waals surface area contributed by atoms with Crippen LogP contribution in [0.25, 0.3) is 10.8 Å². The quantitative estimate of drug-likeness (QED) is 0.899. The van der Waals surface area contributed by atoms with Gasteiger partial charge in [0.2, 0.25) is 0 Å². The smallest absolute Gasteiger partial charge is 0.0768 e. The Morgan fingerprint density at radius 1 is 1.16 bits per heavy atom. The Kier molecular flexibility index (Phi) is 3.00. The minimum Gasteiger partial charge on any atom is -0.312 e. The molecular weight excluding hydrogens is 232 g/mol. The molecule has 3 rings (SSSR count). The minimum absolute atomic E-state index is 0.123. The van der Waals surface area contributed by atoms with Crippen molar-refractivity contribution in [1.82, 2.24) is 5.32 Å². The average molecular weight is 250 g/mol. The second kappa shape index (κ2) is 4.68. The summed E-state index contributed by atoms with van der Waals surface area (Å²) in [5.41, 5.74) is 1.03. The van der Waals surface area contributed by atoms with Crippen LogP contribution in [0.4, 0.5) is 0 Å². The summed E-state index contributed by atoms with van der Waals surface area (Å²) in [6, 6.07) is 17.5. The Hall–Kier alpha value is -1.85. The summed E-state index contributed by atoms with van der Waals surface area (Å²) in [5, 5.41) is 15.5. The zero-order valence-corrected chi connectivity index (χ0v) is 11.2. The molecule has 1 atom stereocenters. The summed E-state index contributed by atoms with van der Waals surface area (Å²) in [7, 11) is 1.96. The Labute approximate surface area is 114 Å². The summed E-state index contributed by atoms with van der Waals surface area (Å²) in [6.45, 7) is 0. The molecule has 2 aromatic rings. The van der Waals surface area contributed by atoms with Crippen LogP contribution in [-0.2, 0) is 0 Å². The fraction of sp³-hybridized carbons (Fsp3) is 0.353. The zero-order valence-electron chi connectivity index (χ0n) is 11.2. The van der Waals surface area contributed by atoms with Crippen molar-refractivity contribution < 1.29 is 0 Å². The van der Waals surface area contributed by atoms with Crippen molar-refractivity contribution in [2.45, 2.75) is 25.3 Å². The van der Waals surface area contributed by atoms with E-state index in [1.165, 1.54) is 16.3 Å². The van der Waals surface area contributed by atoms with E-state index in [2.05, 4.69) is 53.9 Å². The van der Waals surface area contributed by atoms with E-state index in [-0.39, 0.29) is 11.5 Å². The Morgan fingerprint density at radius 2 is 1.89 bits per heavy atom. The van der Waals surface area contributed by atoms with Gasteiger partial charge in [0.15, 0.2) is 0 Å². The van der Waals surface area contributed by atoms with Gasteiger partial charge in [-0.15, -0.1) is 0 Å². The first-order chi connectivity index (χ1) is 9.30. The lowest BCUT2D eigenvalue weighted by molar-refractivity contribution is 0.150. The van der Waals surface area contributed by atoms with Crippen molar-refractivity contribution in [3.63, 3.8) is 0 Å². The molecule has 1 saturated carbocycles. The SMILES string of the molecule is CNC(c1cccc2ccccc12)C1(C#N)CCC1. The second-order valence-electron chi connectivity index (χ2n) is 5.41. The average Bonchev–Trinajstić information content (AvgIpc) is 2.42. The molecule has 0 amide bonds. The lowest BCUT2D eigenvalue weighted by Crippen LogP contribution is -2.40. The molecule has 1 N–H and O–H groups in total. The lowest BCUT2D eigenvalue weighted by atomic mass is 9.63. The molecule has 96 valence electrons. The fourth-order valence-corrected chi connectivity index (χ4v) is 3.25. The number of nitrogens with zero attached hydrogens (tertiary/aromatic N) is 1. The van der Waals surface area contributed by atoms with Gasteiger partial charge in [-0.25, -0.2) is 0 Å². The van der Waals surface area contributed by atoms with E-state index in [9.17, 15) is 5.26 Å². The first-order valence-electron chi connectivity index (χ1n) is 6.87. The molecule has 2 aromatic carbocycles. The lowest BCUT2D eigenvalue weighted by Gasteiger charge is -2.42. The van der Waals surface area contributed by atoms with E-state index in [0.717, 1.165) is 19.3 Å². The monoisotopic (exact) mass is 250 g/mol. The van der Waals surface area contributed by atoms with Gasteiger partial charge in [0.05, 0.1) is 17.5 Å². The van der Waals surface area contributed by atoms with Crippen LogP contribution < -0.4 is 5.32 Å². The Morgan fingerprint density at radius 3 is 2.53 bits per heavy atom. The van der Waals surface area contributed by atoms with E-state index in [1.54, 1.807) is 0 Å². The molecule has 1 aliphatic rings. The van der Waals surface area contributed by atoms with E-state index in [0.29, 0.717) is 0 Å². The molecule has 19 heavy (non-hydrogen) atoms. The minimum atomic E-state index is -0.223. The summed E-state index contributed by atoms with van der Waals surface area (Å²) in [5.74, 6) is 0. The Balaban J connectivity index is 2.15. The van der Waals surface area contributed by atoms with Crippen molar-refractivity contribution in [3.8, 4) is 6.07 Å². The Bertz CT molecular complexity index is 630. The van der Waals surface area contributed by atoms with E-state index in [1.807, 2.05) is 7.05 Å². The number of nitrogens with one attached hydrogen (secondary N) is 1. The molecule has 1 fully saturated rings. The summed E-state index contributed by atoms with van der Waals surface area (Å²) in [6.07, 6.45) is 3.16. The highest BCUT2D eigenvalue weighted by Gasteiger charge is 2.45. The van der Waals surface area contributed by atoms with Gasteiger partial charge in [0.1, 0.15) is 0 Å². The molecule has 0 radical (unpaired) electrons. The molecule has 0 saturated heterocycles. The van der Waals surface area contributed by atoms with Gasteiger partial charge in [0, 0.05) is 0 Å². The van der Waals surface area contributed by atoms with Gasteiger partial charge < -0.3 is 5.32 Å². The standard InChI is InChI=1S/C17H18N2/c1-19-16(17(12-18)10-5-11-17)15-9-4-7-13-6-2-3-8-14(13)15/h2-4,6-9,16,19H,5,10-11H2,1H3. The normalized spacial score (nSPS) is 18.5. The maximum Gasteiger partial charge on any atom is 0.0768 e. The van der Waals surface area contributed by atoms with Crippen LogP contribution in [0.15, 0.2) is 42.5 Å². The number of nitriles is 1. The number of hydrogen-bond donors (Lipinski definition) is 1. The van der Waals surface area contributed by atoms with Crippen LogP contribution in [-0.4, -0.2) is 7.05 Å². The van der Waals surface area contributed by atoms with Crippen LogP contribution in [0, 0.1) is 16.7 Å². The van der Waals surface area contributed by atoms with Crippen LogP contribution in [0.5, 0.6) is 0 Å². The second-order valence-corrected chi connectivity index (χ2v) is 5.41. The number of fused-ring (bicyclic) bond motifs is 1. The van der Waals surface area contributed by atoms with Crippen molar-refractivity contribution in [3.05, 3.63) is 48.0 Å². The molecule has 0 bridgehead atoms. The van der Waals surface area contributed by atoms with Gasteiger partial charge in [-0.1, -0.05) is 48.9 Å². The van der Waals surface area contributed by atoms with Crippen LogP contribution in [0.1, 0.15) is 30.9 Å². The molecule has 2 heteroatoms. The molecule has 0 heterocycles. The van der Waals surface area contributed by atoms with Crippen molar-refractivity contribution in [2.75, 3.05) is 7.05 Å². The van der Waals surface area contributed by atoms with Crippen LogP contribution in [0.3, 0.4) is 0 Å². The van der Waals surface area contributed by atoms with Crippen molar-refractivity contribution in [1.29, 1.82) is 5.26 Å². The molecule has 0 spiro atoms. The highest BCUT2D eigenvalue weighted by atomic mass is 14.9. The number of rotatable bonds is 3. The largest absolute Gasteiger partial charge is 0.312 e. The van der Waals surface area contributed by atoms with E-state index in [4.69, 9.17) is 0 Å². The third-order valence-electron chi connectivity index (χ3n) is 4.44. The molecule has 1 aliphatic carbocycles. The molecule has 2 nitrogen and oxygen atoms in total. The van der Waals surface area contributed by atoms with Crippen molar-refractivity contribution in [2.24, 2.45) is 5.41 Å². The maximum atomic E-state index is 9.58. The number of benzene rings is 2. The van der Waals surface area contributed by atoms with Crippen LogP contribution >= 0.6 is 0 Å². The predicted octanol–water partition coefficient (Wildman–Crippen LogP) is 3.79. The van der Waals surface area contributed by atoms with Gasteiger partial charge in [0.25, 0.3) is 0 Å². The summed E-state index contributed by atoms with van der Waals surface area (Å²) < 4.78 is 0. The molecular formula is C17H18N2. The first-order valence-corrected chi connectivity index (χ1v) is 6.87. The highest BCUT2D eigenvalue weighted by molar-refractivity contribution is 5.86. The van der Waals surface area contributed by atoms with Gasteiger partial charge in [-0.2, -0.15) is 5.26 Å². The third-order valence-corrected chi connectivity index (χ3v) is 4.44. The zero-order chi connectivity index (χ0) is 13.3. The van der Waals surface area contributed by atoms with Gasteiger partial charge >= 0.3 is 0 Å². The van der Waals surface area contributed by atoms with E-state index < -0.39 is 0 Å². The predicted molar refractivity (Wildman–Crippen MR) is 77.6 cm³/mol. The van der Waals surface area contributed by atoms with Crippen LogP contribution in [0.2, 0.25) is 0 Å². The summed E-state index contributed by atoms with van der Waals surface area (Å²) in [4.78, 5) is 0. The fourth-order valence-electron chi connectivity index (χ4n) is 3.25. The summed E-state index contributed by atoms with van der Waals surface area (Å²) >= 11 is 0. The van der Waals surface area contributed by atoms with Crippen molar-refractivity contribution >= 4 is 10.8 Å². The highest BCUT2D eigenvalue weighted by Crippen LogP contribution is 2.50. The van der Waals surface area contributed by atoms with E-state index >= 15 is 0 Å². The molecule has 0 aliphatic heterocycles. The topological polar surface area (TPSA) is 35.8 Å². The number of hydrogen-bond acceptors (Lipinski definition) is 2. The van der Waals surface area contributed by atoms with Gasteiger partial charge in [-0.05, 0) is 36.2 Å². The first kappa shape index (κ1) is 12.2. The molecule has 1 unspecified atom stereocenters. The third kappa shape index (κ3) is 1.82.